The van der Waals surface area contributed by atoms with Crippen molar-refractivity contribution in [2.45, 2.75) is 62.8 Å². The summed E-state index contributed by atoms with van der Waals surface area (Å²) >= 11 is 9.68. The van der Waals surface area contributed by atoms with E-state index in [-0.39, 0.29) is 21.3 Å². The fourth-order valence-electron chi connectivity index (χ4n) is 3.44. The molecule has 0 radical (unpaired) electrons. The Morgan fingerprint density at radius 3 is 2.58 bits per heavy atom. The molecule has 0 atom stereocenters. The van der Waals surface area contributed by atoms with Crippen LogP contribution in [0.15, 0.2) is 32.0 Å². The number of nitrogens with zero attached hydrogens (tertiary/aromatic N) is 6. The average molecular weight is 631 g/mol. The first-order valence-corrected chi connectivity index (χ1v) is 15.9. The molecular weight excluding hydrogens is 599 g/mol. The van der Waals surface area contributed by atoms with Gasteiger partial charge in [0.15, 0.2) is 5.16 Å². The highest BCUT2D eigenvalue weighted by atomic mass is 35.5. The number of fused-ring (bicyclic) bond motifs is 1. The van der Waals surface area contributed by atoms with Crippen molar-refractivity contribution >= 4 is 70.0 Å². The Morgan fingerprint density at radius 2 is 1.93 bits per heavy atom. The number of esters is 1. The van der Waals surface area contributed by atoms with Crippen LogP contribution >= 0.6 is 46.5 Å². The summed E-state index contributed by atoms with van der Waals surface area (Å²) in [7, 11) is 1.30. The molecule has 2 N–H and O–H groups in total. The average Bonchev–Trinajstić information content (AvgIpc) is 3.24. The molecule has 0 aliphatic carbocycles. The molecule has 0 unspecified atom stereocenters. The van der Waals surface area contributed by atoms with Crippen LogP contribution in [0.3, 0.4) is 0 Å². The van der Waals surface area contributed by atoms with Crippen molar-refractivity contribution in [3.05, 3.63) is 37.4 Å². The van der Waals surface area contributed by atoms with Gasteiger partial charge in [0.2, 0.25) is 16.7 Å². The van der Waals surface area contributed by atoms with Gasteiger partial charge < -0.3 is 15.4 Å². The number of nitrogens with one attached hydrogen (secondary N) is 2. The Balaban J connectivity index is 0.000000252. The normalized spacial score (nSPS) is 12.9. The third-order valence-corrected chi connectivity index (χ3v) is 8.10. The fraction of sp³-hybridized carbons (Fsp3) is 0.500. The zero-order valence-corrected chi connectivity index (χ0v) is 26.1. The van der Waals surface area contributed by atoms with E-state index >= 15 is 0 Å². The second-order valence-corrected chi connectivity index (χ2v) is 11.7. The Labute approximate surface area is 249 Å². The molecule has 0 fully saturated rings. The molecule has 40 heavy (non-hydrogen) atoms. The van der Waals surface area contributed by atoms with Gasteiger partial charge in [0.05, 0.1) is 17.9 Å². The quantitative estimate of drug-likeness (QED) is 0.255. The van der Waals surface area contributed by atoms with Crippen LogP contribution in [0.5, 0.6) is 0 Å². The van der Waals surface area contributed by atoms with Gasteiger partial charge in [-0.3, -0.25) is 14.3 Å². The van der Waals surface area contributed by atoms with Gasteiger partial charge in [-0.15, -0.1) is 11.8 Å². The standard InChI is InChI=1S/C15H15ClFN3O3S2.C9H17N5S/c1-23-13(21)8-24-12-7-11(10(17)6-9(12)16)18-14-19-4-2-3-5-20(19)15(22)25-14;1-5-10-7-12-8(11-6(2)3)14-9(13-7)15-4/h6-7H,2-5,8H2,1H3;6H,5H2,1-4H3,(H2,10,11,12,13,14). The van der Waals surface area contributed by atoms with E-state index in [1.54, 1.807) is 9.36 Å². The van der Waals surface area contributed by atoms with Gasteiger partial charge in [0.25, 0.3) is 0 Å². The number of carbonyl (C=O) groups excluding carboxylic acids is 1. The maximum absolute atomic E-state index is 14.3. The predicted molar refractivity (Wildman–Crippen MR) is 160 cm³/mol. The van der Waals surface area contributed by atoms with Gasteiger partial charge >= 0.3 is 10.8 Å². The second-order valence-electron chi connectivity index (χ2n) is 8.61. The van der Waals surface area contributed by atoms with Crippen molar-refractivity contribution in [1.82, 2.24) is 24.3 Å². The van der Waals surface area contributed by atoms with Gasteiger partial charge in [0.1, 0.15) is 11.5 Å². The SMILES string of the molecule is CCNc1nc(NC(C)C)nc(SC)n1.COC(=O)CSc1cc(N=c2sc(=O)n3n2CCCC3)c(F)cc1Cl. The number of hydrogen-bond acceptors (Lipinski definition) is 12. The molecule has 0 saturated heterocycles. The van der Waals surface area contributed by atoms with Gasteiger partial charge in [-0.1, -0.05) is 23.4 Å². The van der Waals surface area contributed by atoms with Crippen molar-refractivity contribution in [3.8, 4) is 0 Å². The largest absolute Gasteiger partial charge is 0.468 e. The Hall–Kier alpha value is -2.62. The minimum absolute atomic E-state index is 0.0605. The van der Waals surface area contributed by atoms with Crippen LogP contribution in [0.25, 0.3) is 0 Å². The number of ether oxygens (including phenoxy) is 1. The van der Waals surface area contributed by atoms with Crippen LogP contribution in [0.2, 0.25) is 5.02 Å². The number of benzene rings is 1. The summed E-state index contributed by atoms with van der Waals surface area (Å²) in [5.74, 6) is 0.327. The molecule has 0 saturated carbocycles. The third kappa shape index (κ3) is 8.94. The first-order valence-electron chi connectivity index (χ1n) is 12.5. The molecular formula is C24H32ClFN8O3S3. The molecule has 3 heterocycles. The molecule has 2 aromatic heterocycles. The number of hydrogen-bond donors (Lipinski definition) is 2. The monoisotopic (exact) mass is 630 g/mol. The lowest BCUT2D eigenvalue weighted by Crippen LogP contribution is -2.31. The highest BCUT2D eigenvalue weighted by molar-refractivity contribution is 8.00. The van der Waals surface area contributed by atoms with Crippen LogP contribution in [0.4, 0.5) is 22.0 Å². The van der Waals surface area contributed by atoms with E-state index in [1.165, 1.54) is 24.9 Å². The molecule has 0 amide bonds. The molecule has 1 aliphatic rings. The second kappa shape index (κ2) is 15.4. The van der Waals surface area contributed by atoms with Crippen molar-refractivity contribution < 1.29 is 13.9 Å². The van der Waals surface area contributed by atoms with E-state index in [2.05, 4.69) is 49.2 Å². The molecule has 11 nitrogen and oxygen atoms in total. The summed E-state index contributed by atoms with van der Waals surface area (Å²) in [5.41, 5.74) is 0.0829. The first-order chi connectivity index (χ1) is 19.1. The summed E-state index contributed by atoms with van der Waals surface area (Å²) in [6.45, 7) is 8.24. The molecule has 218 valence electrons. The topological polar surface area (TPSA) is 128 Å². The van der Waals surface area contributed by atoms with Gasteiger partial charge in [-0.2, -0.15) is 15.0 Å². The molecule has 16 heteroatoms. The van der Waals surface area contributed by atoms with E-state index in [1.807, 2.05) is 13.2 Å². The first kappa shape index (κ1) is 31.9. The van der Waals surface area contributed by atoms with Crippen molar-refractivity contribution in [2.24, 2.45) is 4.99 Å². The number of halogens is 2. The highest BCUT2D eigenvalue weighted by Crippen LogP contribution is 2.33. The maximum Gasteiger partial charge on any atom is 0.325 e. The molecule has 1 aliphatic heterocycles. The predicted octanol–water partition coefficient (Wildman–Crippen LogP) is 4.64. The number of thioether (sulfide) groups is 2. The molecule has 3 aromatic rings. The molecule has 1 aromatic carbocycles. The maximum atomic E-state index is 14.3. The summed E-state index contributed by atoms with van der Waals surface area (Å²) in [6.07, 6.45) is 3.84. The van der Waals surface area contributed by atoms with Crippen molar-refractivity contribution in [1.29, 1.82) is 0 Å². The molecule has 0 bridgehead atoms. The Kier molecular flexibility index (Phi) is 12.3. The van der Waals surface area contributed by atoms with E-state index in [9.17, 15) is 14.0 Å². The number of aromatic nitrogens is 5. The summed E-state index contributed by atoms with van der Waals surface area (Å²) in [5, 5.41) is 7.17. The minimum atomic E-state index is -0.580. The summed E-state index contributed by atoms with van der Waals surface area (Å²) < 4.78 is 22.3. The van der Waals surface area contributed by atoms with Crippen molar-refractivity contribution in [2.75, 3.05) is 36.3 Å². The van der Waals surface area contributed by atoms with Crippen molar-refractivity contribution in [3.63, 3.8) is 0 Å². The lowest BCUT2D eigenvalue weighted by atomic mass is 10.3. The van der Waals surface area contributed by atoms with Crippen LogP contribution in [-0.2, 0) is 22.6 Å². The zero-order valence-electron chi connectivity index (χ0n) is 22.9. The van der Waals surface area contributed by atoms with Crippen LogP contribution in [-0.4, -0.2) is 62.0 Å². The fourth-order valence-corrected chi connectivity index (χ4v) is 5.78. The minimum Gasteiger partial charge on any atom is -0.468 e. The van der Waals surface area contributed by atoms with E-state index in [0.29, 0.717) is 40.7 Å². The van der Waals surface area contributed by atoms with Gasteiger partial charge in [-0.05, 0) is 63.3 Å². The Bertz CT molecular complexity index is 1440. The molecule has 0 spiro atoms. The number of methoxy groups -OCH3 is 1. The van der Waals surface area contributed by atoms with Gasteiger partial charge in [-0.25, -0.2) is 14.1 Å². The Morgan fingerprint density at radius 1 is 1.23 bits per heavy atom. The smallest absolute Gasteiger partial charge is 0.325 e. The number of rotatable bonds is 9. The van der Waals surface area contributed by atoms with E-state index in [4.69, 9.17) is 11.6 Å². The molecule has 4 rings (SSSR count). The lowest BCUT2D eigenvalue weighted by molar-refractivity contribution is -0.137. The number of anilines is 2. The van der Waals surface area contributed by atoms with Crippen LogP contribution < -0.4 is 20.3 Å². The van der Waals surface area contributed by atoms with Gasteiger partial charge in [0, 0.05) is 30.6 Å². The summed E-state index contributed by atoms with van der Waals surface area (Å²) in [6, 6.07) is 2.96. The lowest BCUT2D eigenvalue weighted by Gasteiger charge is -2.15. The van der Waals surface area contributed by atoms with Crippen LogP contribution in [0, 0.1) is 5.82 Å². The van der Waals surface area contributed by atoms with E-state index < -0.39 is 11.8 Å². The summed E-state index contributed by atoms with van der Waals surface area (Å²) in [4.78, 5) is 41.3. The van der Waals surface area contributed by atoms with Crippen LogP contribution in [0.1, 0.15) is 33.6 Å². The number of carbonyl (C=O) groups is 1. The zero-order chi connectivity index (χ0) is 29.2. The third-order valence-electron chi connectivity index (χ3n) is 5.23. The van der Waals surface area contributed by atoms with E-state index in [0.717, 1.165) is 53.7 Å². The highest BCUT2D eigenvalue weighted by Gasteiger charge is 2.15.